The summed E-state index contributed by atoms with van der Waals surface area (Å²) in [7, 11) is 2.36. The van der Waals surface area contributed by atoms with E-state index in [0.717, 1.165) is 21.5 Å². The molecule has 0 amide bonds. The third-order valence-corrected chi connectivity index (χ3v) is 6.93. The van der Waals surface area contributed by atoms with E-state index in [4.69, 9.17) is 0 Å². The van der Waals surface area contributed by atoms with Crippen LogP contribution in [0.1, 0.15) is 23.3 Å². The summed E-state index contributed by atoms with van der Waals surface area (Å²) in [5.74, 6) is 0.966. The number of hydrogen-bond donors (Lipinski definition) is 1. The molecule has 3 aliphatic rings. The van der Waals surface area contributed by atoms with Crippen LogP contribution < -0.4 is 0 Å². The molecule has 4 heterocycles. The molecule has 0 radical (unpaired) electrons. The molecule has 5 rings (SSSR count). The van der Waals surface area contributed by atoms with Crippen molar-refractivity contribution < 1.29 is 9.59 Å². The molecule has 1 aromatic carbocycles. The molecular weight excluding hydrogens is 290 g/mol. The Bertz CT molecular complexity index is 631. The zero-order chi connectivity index (χ0) is 15.2. The first-order chi connectivity index (χ1) is 10.6. The predicted molar refractivity (Wildman–Crippen MR) is 90.8 cm³/mol. The first kappa shape index (κ1) is 14.4. The summed E-state index contributed by atoms with van der Waals surface area (Å²) < 4.78 is 1.13. The minimum absolute atomic E-state index is 0.320. The zero-order valence-electron chi connectivity index (χ0n) is 13.1. The molecule has 0 unspecified atom stereocenters. The number of aliphatic hydroxyl groups is 1. The molecule has 3 heteroatoms. The van der Waals surface area contributed by atoms with Crippen LogP contribution in [0.4, 0.5) is 0 Å². The van der Waals surface area contributed by atoms with Gasteiger partial charge in [-0.3, -0.25) is 0 Å². The highest BCUT2D eigenvalue weighted by Crippen LogP contribution is 2.49. The molecule has 0 aliphatic carbocycles. The monoisotopic (exact) mass is 314 g/mol. The van der Waals surface area contributed by atoms with Gasteiger partial charge in [-0.1, -0.05) is 36.4 Å². The lowest BCUT2D eigenvalue weighted by atomic mass is 9.66. The third kappa shape index (κ3) is 2.15. The van der Waals surface area contributed by atoms with E-state index < -0.39 is 5.60 Å². The van der Waals surface area contributed by atoms with Crippen LogP contribution in [-0.2, 0) is 5.60 Å². The standard InChI is InChI=1S/C19H24NOS/c1-20-11-9-15(10-12-20)17(14-20)19(21,18-8-5-13-22-18)16-6-3-2-4-7-16/h2-8,13,15,17,21H,9-12,14H2,1H3/q+1/t15?,17-,19-,20?/m0/s1. The average Bonchev–Trinajstić information content (AvgIpc) is 3.10. The number of benzene rings is 1. The molecule has 0 spiro atoms. The lowest BCUT2D eigenvalue weighted by molar-refractivity contribution is -0.930. The van der Waals surface area contributed by atoms with Gasteiger partial charge in [-0.2, -0.15) is 0 Å². The lowest BCUT2D eigenvalue weighted by Gasteiger charge is -2.54. The minimum Gasteiger partial charge on any atom is -0.379 e. The topological polar surface area (TPSA) is 20.2 Å². The highest BCUT2D eigenvalue weighted by Gasteiger charge is 2.54. The molecule has 116 valence electrons. The Hall–Kier alpha value is -1.16. The van der Waals surface area contributed by atoms with Crippen LogP contribution in [0.5, 0.6) is 0 Å². The lowest BCUT2D eigenvalue weighted by Crippen LogP contribution is -2.63. The molecule has 2 nitrogen and oxygen atoms in total. The molecule has 1 N–H and O–H groups in total. The number of quaternary nitrogens is 1. The van der Waals surface area contributed by atoms with Gasteiger partial charge in [0.25, 0.3) is 0 Å². The smallest absolute Gasteiger partial charge is 0.132 e. The highest BCUT2D eigenvalue weighted by atomic mass is 32.1. The van der Waals surface area contributed by atoms with Gasteiger partial charge in [0.15, 0.2) is 0 Å². The van der Waals surface area contributed by atoms with E-state index in [1.165, 1.54) is 25.9 Å². The molecule has 2 aromatic rings. The van der Waals surface area contributed by atoms with E-state index in [1.54, 1.807) is 11.3 Å². The largest absolute Gasteiger partial charge is 0.379 e. The number of fused-ring (bicyclic) bond motifs is 3. The van der Waals surface area contributed by atoms with Gasteiger partial charge in [-0.25, -0.2) is 0 Å². The predicted octanol–water partition coefficient (Wildman–Crippen LogP) is 3.47. The summed E-state index contributed by atoms with van der Waals surface area (Å²) in [4.78, 5) is 1.10. The minimum atomic E-state index is -0.833. The van der Waals surface area contributed by atoms with Gasteiger partial charge >= 0.3 is 0 Å². The van der Waals surface area contributed by atoms with E-state index in [1.807, 2.05) is 18.2 Å². The maximum absolute atomic E-state index is 11.9. The van der Waals surface area contributed by atoms with Crippen LogP contribution in [0.25, 0.3) is 0 Å². The molecule has 1 aromatic heterocycles. The molecular formula is C19H24NOS+. The van der Waals surface area contributed by atoms with Crippen LogP contribution in [0, 0.1) is 11.8 Å². The number of thiophene rings is 1. The summed E-state index contributed by atoms with van der Waals surface area (Å²) in [6.45, 7) is 3.64. The van der Waals surface area contributed by atoms with Crippen molar-refractivity contribution in [1.82, 2.24) is 0 Å². The fraction of sp³-hybridized carbons (Fsp3) is 0.474. The van der Waals surface area contributed by atoms with E-state index >= 15 is 0 Å². The summed E-state index contributed by atoms with van der Waals surface area (Å²) in [5, 5.41) is 14.0. The molecule has 22 heavy (non-hydrogen) atoms. The summed E-state index contributed by atoms with van der Waals surface area (Å²) in [5.41, 5.74) is 0.225. The van der Waals surface area contributed by atoms with Gasteiger partial charge < -0.3 is 9.59 Å². The van der Waals surface area contributed by atoms with Crippen molar-refractivity contribution in [3.8, 4) is 0 Å². The van der Waals surface area contributed by atoms with Crippen molar-refractivity contribution in [2.45, 2.75) is 18.4 Å². The van der Waals surface area contributed by atoms with Gasteiger partial charge in [-0.05, 0) is 22.9 Å². The summed E-state index contributed by atoms with van der Waals surface area (Å²) >= 11 is 1.69. The second-order valence-electron chi connectivity index (χ2n) is 7.30. The number of nitrogens with zero attached hydrogens (tertiary/aromatic N) is 1. The van der Waals surface area contributed by atoms with Crippen molar-refractivity contribution in [3.05, 3.63) is 58.3 Å². The third-order valence-electron chi connectivity index (χ3n) is 5.93. The first-order valence-corrected chi connectivity index (χ1v) is 9.15. The van der Waals surface area contributed by atoms with E-state index in [2.05, 4.69) is 36.7 Å². The second-order valence-corrected chi connectivity index (χ2v) is 8.25. The molecule has 2 atom stereocenters. The molecule has 3 fully saturated rings. The van der Waals surface area contributed by atoms with Crippen molar-refractivity contribution >= 4 is 11.3 Å². The molecule has 2 bridgehead atoms. The van der Waals surface area contributed by atoms with Crippen molar-refractivity contribution in [1.29, 1.82) is 0 Å². The van der Waals surface area contributed by atoms with Gasteiger partial charge in [0.1, 0.15) is 5.60 Å². The van der Waals surface area contributed by atoms with Crippen LogP contribution in [-0.4, -0.2) is 36.3 Å². The molecule has 0 saturated carbocycles. The van der Waals surface area contributed by atoms with Crippen LogP contribution >= 0.6 is 11.3 Å². The van der Waals surface area contributed by atoms with Crippen molar-refractivity contribution in [2.24, 2.45) is 11.8 Å². The number of hydrogen-bond acceptors (Lipinski definition) is 2. The van der Waals surface area contributed by atoms with E-state index in [0.29, 0.717) is 11.8 Å². The maximum atomic E-state index is 11.9. The Morgan fingerprint density at radius 2 is 1.82 bits per heavy atom. The Labute approximate surface area is 136 Å². The Balaban J connectivity index is 1.82. The highest BCUT2D eigenvalue weighted by molar-refractivity contribution is 7.10. The summed E-state index contributed by atoms with van der Waals surface area (Å²) in [6, 6.07) is 14.5. The zero-order valence-corrected chi connectivity index (χ0v) is 13.9. The number of piperidine rings is 3. The normalized spacial score (nSPS) is 33.5. The van der Waals surface area contributed by atoms with Crippen LogP contribution in [0.15, 0.2) is 47.8 Å². The summed E-state index contributed by atoms with van der Waals surface area (Å²) in [6.07, 6.45) is 2.50. The molecule has 3 aliphatic heterocycles. The van der Waals surface area contributed by atoms with Gasteiger partial charge in [0.05, 0.1) is 26.7 Å². The van der Waals surface area contributed by atoms with Gasteiger partial charge in [-0.15, -0.1) is 11.3 Å². The Morgan fingerprint density at radius 1 is 1.09 bits per heavy atom. The van der Waals surface area contributed by atoms with Crippen molar-refractivity contribution in [3.63, 3.8) is 0 Å². The van der Waals surface area contributed by atoms with Crippen molar-refractivity contribution in [2.75, 3.05) is 26.7 Å². The molecule has 3 saturated heterocycles. The SMILES string of the molecule is C[N+]12CCC(CC1)[C@@H]([C@@](O)(c1ccccc1)c1cccs1)C2. The maximum Gasteiger partial charge on any atom is 0.132 e. The second kappa shape index (κ2) is 5.19. The Kier molecular flexibility index (Phi) is 3.40. The fourth-order valence-corrected chi connectivity index (χ4v) is 5.53. The van der Waals surface area contributed by atoms with Gasteiger partial charge in [0.2, 0.25) is 0 Å². The fourth-order valence-electron chi connectivity index (χ4n) is 4.62. The Morgan fingerprint density at radius 3 is 2.41 bits per heavy atom. The number of rotatable bonds is 3. The van der Waals surface area contributed by atoms with E-state index in [-0.39, 0.29) is 0 Å². The van der Waals surface area contributed by atoms with Crippen LogP contribution in [0.2, 0.25) is 0 Å². The quantitative estimate of drug-likeness (QED) is 0.860. The van der Waals surface area contributed by atoms with Crippen LogP contribution in [0.3, 0.4) is 0 Å². The first-order valence-electron chi connectivity index (χ1n) is 8.27. The van der Waals surface area contributed by atoms with Gasteiger partial charge in [0, 0.05) is 23.6 Å². The van der Waals surface area contributed by atoms with E-state index in [9.17, 15) is 5.11 Å². The average molecular weight is 314 g/mol.